The number of thioether (sulfide) groups is 1. The Morgan fingerprint density at radius 3 is 2.25 bits per heavy atom. The van der Waals surface area contributed by atoms with E-state index in [2.05, 4.69) is 0 Å². The first-order valence-electron chi connectivity index (χ1n) is 1.93. The number of hydrogen-bond acceptors (Lipinski definition) is 3. The van der Waals surface area contributed by atoms with E-state index in [1.165, 1.54) is 10.5 Å². The Hall–Kier alpha value is -0.510. The largest absolute Gasteiger partial charge is 0.339 e. The summed E-state index contributed by atoms with van der Waals surface area (Å²) in [5.74, 6) is 0. The molecule has 0 aromatic carbocycles. The molecule has 3 nitrogen and oxygen atoms in total. The second-order valence-electron chi connectivity index (χ2n) is 1.35. The van der Waals surface area contributed by atoms with Crippen molar-refractivity contribution in [3.05, 3.63) is 0 Å². The lowest BCUT2D eigenvalue weighted by Gasteiger charge is -2.03. The van der Waals surface area contributed by atoms with E-state index in [1.54, 1.807) is 14.1 Å². The normalized spacial score (nSPS) is 8.25. The summed E-state index contributed by atoms with van der Waals surface area (Å²) in [4.78, 5) is 21.2. The van der Waals surface area contributed by atoms with Gasteiger partial charge in [0.25, 0.3) is 10.9 Å². The molecule has 0 aliphatic heterocycles. The molecule has 0 bridgehead atoms. The van der Waals surface area contributed by atoms with Gasteiger partial charge < -0.3 is 4.90 Å². The summed E-state index contributed by atoms with van der Waals surface area (Å²) < 4.78 is 0. The Bertz CT molecular complexity index is 102. The molecule has 0 aromatic rings. The molecule has 0 fully saturated rings. The maximum absolute atomic E-state index is 10.4. The first-order valence-corrected chi connectivity index (χ1v) is 2.75. The number of carbonyl (C=O) groups is 1. The molecule has 0 N–H and O–H groups in total. The molecular formula is C4H6NO2S. The first-order chi connectivity index (χ1) is 3.68. The van der Waals surface area contributed by atoms with Crippen molar-refractivity contribution >= 4 is 22.6 Å². The molecule has 0 spiro atoms. The Morgan fingerprint density at radius 1 is 1.62 bits per heavy atom. The Labute approximate surface area is 52.0 Å². The molecule has 45 valence electrons. The summed E-state index contributed by atoms with van der Waals surface area (Å²) >= 11 is 0.521. The van der Waals surface area contributed by atoms with Crippen LogP contribution in [-0.2, 0) is 4.79 Å². The van der Waals surface area contributed by atoms with E-state index in [0.717, 1.165) is 0 Å². The highest BCUT2D eigenvalue weighted by atomic mass is 32.2. The van der Waals surface area contributed by atoms with E-state index in [9.17, 15) is 9.59 Å². The summed E-state index contributed by atoms with van der Waals surface area (Å²) in [5.41, 5.74) is 1.42. The number of nitrogens with zero attached hydrogens (tertiary/aromatic N) is 1. The van der Waals surface area contributed by atoms with Crippen LogP contribution in [0.15, 0.2) is 0 Å². The molecule has 0 aromatic heterocycles. The van der Waals surface area contributed by atoms with Crippen molar-refractivity contribution in [3.63, 3.8) is 0 Å². The fraction of sp³-hybridized carbons (Fsp3) is 0.500. The predicted octanol–water partition coefficient (Wildman–Crippen LogP) is 0.468. The van der Waals surface area contributed by atoms with Gasteiger partial charge >= 0.3 is 0 Å². The van der Waals surface area contributed by atoms with E-state index in [4.69, 9.17) is 0 Å². The highest BCUT2D eigenvalue weighted by Crippen LogP contribution is 1.98. The highest BCUT2D eigenvalue weighted by molar-refractivity contribution is 8.24. The Kier molecular flexibility index (Phi) is 3.26. The van der Waals surface area contributed by atoms with E-state index >= 15 is 0 Å². The van der Waals surface area contributed by atoms with E-state index < -0.39 is 0 Å². The first kappa shape index (κ1) is 7.49. The quantitative estimate of drug-likeness (QED) is 0.520. The molecule has 0 atom stereocenters. The minimum absolute atomic E-state index is 0.292. The van der Waals surface area contributed by atoms with Gasteiger partial charge in [0.15, 0.2) is 0 Å². The van der Waals surface area contributed by atoms with Crippen LogP contribution in [0.5, 0.6) is 0 Å². The van der Waals surface area contributed by atoms with Gasteiger partial charge in [0.2, 0.25) is 0 Å². The van der Waals surface area contributed by atoms with Crippen LogP contribution in [0, 0.1) is 0 Å². The fourth-order valence-electron chi connectivity index (χ4n) is 0.127. The minimum atomic E-state index is -0.292. The number of hydrogen-bond donors (Lipinski definition) is 0. The van der Waals surface area contributed by atoms with Crippen molar-refractivity contribution in [2.24, 2.45) is 0 Å². The zero-order valence-corrected chi connectivity index (χ0v) is 5.49. The van der Waals surface area contributed by atoms with Gasteiger partial charge in [-0.2, -0.15) is 0 Å². The van der Waals surface area contributed by atoms with Crippen molar-refractivity contribution < 1.29 is 9.59 Å². The Morgan fingerprint density at radius 2 is 2.12 bits per heavy atom. The van der Waals surface area contributed by atoms with E-state index in [1.807, 2.05) is 0 Å². The molecule has 0 heterocycles. The van der Waals surface area contributed by atoms with Gasteiger partial charge in [0.05, 0.1) is 0 Å². The fourth-order valence-corrected chi connectivity index (χ4v) is 0.381. The molecule has 0 saturated heterocycles. The predicted molar refractivity (Wildman–Crippen MR) is 32.4 cm³/mol. The van der Waals surface area contributed by atoms with E-state index in [-0.39, 0.29) is 5.24 Å². The number of rotatable bonds is 1. The average Bonchev–Trinajstić information content (AvgIpc) is 1.67. The van der Waals surface area contributed by atoms with Gasteiger partial charge in [-0.05, 0) is 0 Å². The summed E-state index contributed by atoms with van der Waals surface area (Å²) in [6, 6.07) is 0. The van der Waals surface area contributed by atoms with Crippen LogP contribution in [0.1, 0.15) is 0 Å². The summed E-state index contributed by atoms with van der Waals surface area (Å²) in [7, 11) is 3.15. The van der Waals surface area contributed by atoms with Crippen LogP contribution in [0.3, 0.4) is 0 Å². The Balaban J connectivity index is 3.48. The standard InChI is InChI=1S/C4H6NO2S/c1-5(2)4(7)8-3-6/h1-2H3. The molecule has 1 amide bonds. The third kappa shape index (κ3) is 2.63. The van der Waals surface area contributed by atoms with Crippen LogP contribution in [0.2, 0.25) is 0 Å². The third-order valence-electron chi connectivity index (χ3n) is 0.494. The average molecular weight is 132 g/mol. The highest BCUT2D eigenvalue weighted by Gasteiger charge is 2.01. The maximum Gasteiger partial charge on any atom is 0.289 e. The second-order valence-corrected chi connectivity index (χ2v) is 2.07. The molecule has 0 saturated carbocycles. The van der Waals surface area contributed by atoms with Crippen molar-refractivity contribution in [3.8, 4) is 0 Å². The third-order valence-corrected chi connectivity index (χ3v) is 1.12. The molecule has 0 unspecified atom stereocenters. The van der Waals surface area contributed by atoms with Crippen molar-refractivity contribution in [2.75, 3.05) is 14.1 Å². The molecule has 8 heavy (non-hydrogen) atoms. The van der Waals surface area contributed by atoms with Crippen molar-refractivity contribution in [1.29, 1.82) is 0 Å². The molecule has 0 rings (SSSR count). The lowest BCUT2D eigenvalue weighted by Crippen LogP contribution is -2.15. The number of carbonyl (C=O) groups excluding carboxylic acids is 2. The lowest BCUT2D eigenvalue weighted by molar-refractivity contribution is 0.241. The van der Waals surface area contributed by atoms with Gasteiger partial charge in [-0.3, -0.25) is 9.59 Å². The lowest BCUT2D eigenvalue weighted by atomic mass is 11.0. The van der Waals surface area contributed by atoms with Gasteiger partial charge in [-0.1, -0.05) is 0 Å². The summed E-state index contributed by atoms with van der Waals surface area (Å²) in [6.45, 7) is 0. The number of amides is 1. The molecular weight excluding hydrogens is 126 g/mol. The maximum atomic E-state index is 10.4. The minimum Gasteiger partial charge on any atom is -0.339 e. The molecule has 4 heteroatoms. The van der Waals surface area contributed by atoms with Gasteiger partial charge in [-0.15, -0.1) is 0 Å². The van der Waals surface area contributed by atoms with Crippen LogP contribution in [0.4, 0.5) is 4.79 Å². The summed E-state index contributed by atoms with van der Waals surface area (Å²) in [5, 5.41) is -0.292. The van der Waals surface area contributed by atoms with Crippen LogP contribution in [-0.4, -0.2) is 29.9 Å². The molecule has 0 aliphatic carbocycles. The zero-order valence-electron chi connectivity index (χ0n) is 4.67. The van der Waals surface area contributed by atoms with Crippen molar-refractivity contribution in [2.45, 2.75) is 0 Å². The summed E-state index contributed by atoms with van der Waals surface area (Å²) in [6.07, 6.45) is 0. The van der Waals surface area contributed by atoms with Gasteiger partial charge in [0, 0.05) is 25.9 Å². The van der Waals surface area contributed by atoms with Gasteiger partial charge in [-0.25, -0.2) is 0 Å². The molecule has 0 aliphatic rings. The topological polar surface area (TPSA) is 37.4 Å². The SMILES string of the molecule is CN(C)C(=O)S[C]=O. The monoisotopic (exact) mass is 132 g/mol. The zero-order chi connectivity index (χ0) is 6.57. The molecule has 1 radical (unpaired) electrons. The van der Waals surface area contributed by atoms with Gasteiger partial charge in [0.1, 0.15) is 0 Å². The van der Waals surface area contributed by atoms with Crippen LogP contribution < -0.4 is 0 Å². The smallest absolute Gasteiger partial charge is 0.289 e. The second kappa shape index (κ2) is 3.49. The van der Waals surface area contributed by atoms with Crippen molar-refractivity contribution in [1.82, 2.24) is 4.90 Å². The van der Waals surface area contributed by atoms with Crippen LogP contribution in [0.25, 0.3) is 0 Å². The van der Waals surface area contributed by atoms with Crippen LogP contribution >= 0.6 is 11.8 Å². The van der Waals surface area contributed by atoms with E-state index in [0.29, 0.717) is 11.8 Å².